The third-order valence-corrected chi connectivity index (χ3v) is 4.45. The third kappa shape index (κ3) is 2.53. The molecule has 7 nitrogen and oxygen atoms in total. The van der Waals surface area contributed by atoms with E-state index in [1.807, 2.05) is 19.1 Å². The Bertz CT molecular complexity index is 1230. The number of hydrogen-bond acceptors (Lipinski definition) is 4. The first-order chi connectivity index (χ1) is 12.5. The average molecular weight is 369 g/mol. The van der Waals surface area contributed by atoms with Crippen LogP contribution in [-0.4, -0.2) is 30.2 Å². The van der Waals surface area contributed by atoms with E-state index in [-0.39, 0.29) is 0 Å². The van der Waals surface area contributed by atoms with E-state index in [1.165, 1.54) is 12.4 Å². The Morgan fingerprint density at radius 3 is 2.65 bits per heavy atom. The van der Waals surface area contributed by atoms with Crippen LogP contribution in [0.15, 0.2) is 47.5 Å². The third-order valence-electron chi connectivity index (χ3n) is 4.20. The fourth-order valence-electron chi connectivity index (χ4n) is 3.04. The first-order valence-corrected chi connectivity index (χ1v) is 8.19. The Balaban J connectivity index is 1.99. The van der Waals surface area contributed by atoms with Crippen LogP contribution in [0.4, 0.5) is 0 Å². The number of aryl methyl sites for hydroxylation is 1. The van der Waals surface area contributed by atoms with Crippen molar-refractivity contribution in [3.05, 3.63) is 63.8 Å². The summed E-state index contributed by atoms with van der Waals surface area (Å²) in [5, 5.41) is 14.4. The Hall–Kier alpha value is -3.19. The summed E-state index contributed by atoms with van der Waals surface area (Å²) in [5.41, 5.74) is 3.33. The largest absolute Gasteiger partial charge is 0.480 e. The molecule has 4 aromatic rings. The van der Waals surface area contributed by atoms with Crippen LogP contribution in [0.2, 0.25) is 5.02 Å². The van der Waals surface area contributed by atoms with Crippen molar-refractivity contribution in [3.8, 4) is 11.1 Å². The van der Waals surface area contributed by atoms with Gasteiger partial charge in [0.05, 0.1) is 16.6 Å². The number of halogens is 1. The van der Waals surface area contributed by atoms with Crippen LogP contribution >= 0.6 is 11.6 Å². The molecule has 130 valence electrons. The van der Waals surface area contributed by atoms with E-state index in [1.54, 1.807) is 22.7 Å². The molecule has 0 saturated heterocycles. The highest BCUT2D eigenvalue weighted by molar-refractivity contribution is 6.30. The lowest BCUT2D eigenvalue weighted by atomic mass is 10.1. The average Bonchev–Trinajstić information content (AvgIpc) is 2.94. The Morgan fingerprint density at radius 2 is 1.96 bits per heavy atom. The Morgan fingerprint density at radius 1 is 1.23 bits per heavy atom. The van der Waals surface area contributed by atoms with Crippen LogP contribution < -0.4 is 5.56 Å². The van der Waals surface area contributed by atoms with Gasteiger partial charge in [-0.15, -0.1) is 0 Å². The van der Waals surface area contributed by atoms with Gasteiger partial charge in [-0.05, 0) is 30.7 Å². The van der Waals surface area contributed by atoms with E-state index in [4.69, 9.17) is 16.7 Å². The lowest BCUT2D eigenvalue weighted by Gasteiger charge is -2.06. The quantitative estimate of drug-likeness (QED) is 0.600. The smallest absolute Gasteiger partial charge is 0.323 e. The number of benzene rings is 1. The summed E-state index contributed by atoms with van der Waals surface area (Å²) < 4.78 is 2.75. The van der Waals surface area contributed by atoms with Crippen LogP contribution in [0.3, 0.4) is 0 Å². The summed E-state index contributed by atoms with van der Waals surface area (Å²) in [6.45, 7) is 1.47. The van der Waals surface area contributed by atoms with Gasteiger partial charge in [0.1, 0.15) is 6.54 Å². The topological polar surface area (TPSA) is 89.5 Å². The molecule has 0 amide bonds. The summed E-state index contributed by atoms with van der Waals surface area (Å²) in [4.78, 5) is 27.8. The van der Waals surface area contributed by atoms with Crippen LogP contribution in [0.5, 0.6) is 0 Å². The molecule has 3 aromatic heterocycles. The highest BCUT2D eigenvalue weighted by Gasteiger charge is 2.16. The van der Waals surface area contributed by atoms with Gasteiger partial charge in [0.15, 0.2) is 5.65 Å². The van der Waals surface area contributed by atoms with E-state index in [9.17, 15) is 9.59 Å². The van der Waals surface area contributed by atoms with Gasteiger partial charge in [0.25, 0.3) is 5.56 Å². The van der Waals surface area contributed by atoms with Gasteiger partial charge in [0.2, 0.25) is 0 Å². The fraction of sp³-hybridized carbons (Fsp3) is 0.111. The van der Waals surface area contributed by atoms with Crippen molar-refractivity contribution in [3.63, 3.8) is 0 Å². The van der Waals surface area contributed by atoms with Gasteiger partial charge < -0.3 is 9.67 Å². The van der Waals surface area contributed by atoms with Crippen LogP contribution in [0, 0.1) is 6.92 Å². The molecule has 1 aromatic carbocycles. The normalized spacial score (nSPS) is 11.3. The number of nitrogens with zero attached hydrogens (tertiary/aromatic N) is 4. The van der Waals surface area contributed by atoms with E-state index in [0.717, 1.165) is 21.4 Å². The molecule has 0 radical (unpaired) electrons. The number of pyridine rings is 1. The number of hydrogen-bond donors (Lipinski definition) is 1. The van der Waals surface area contributed by atoms with Gasteiger partial charge in [-0.3, -0.25) is 9.59 Å². The highest BCUT2D eigenvalue weighted by Crippen LogP contribution is 2.29. The molecule has 8 heteroatoms. The van der Waals surface area contributed by atoms with Gasteiger partial charge in [-0.2, -0.15) is 5.10 Å². The summed E-state index contributed by atoms with van der Waals surface area (Å²) in [7, 11) is 0. The minimum Gasteiger partial charge on any atom is -0.480 e. The molecule has 0 atom stereocenters. The lowest BCUT2D eigenvalue weighted by Crippen LogP contribution is -2.24. The molecular formula is C18H13ClN4O3. The minimum absolute atomic E-state index is 0.311. The van der Waals surface area contributed by atoms with Crippen molar-refractivity contribution < 1.29 is 9.90 Å². The zero-order valence-electron chi connectivity index (χ0n) is 13.7. The van der Waals surface area contributed by atoms with E-state index < -0.39 is 18.1 Å². The van der Waals surface area contributed by atoms with Crippen LogP contribution in [0.25, 0.3) is 27.7 Å². The molecular weight excluding hydrogens is 356 g/mol. The predicted molar refractivity (Wildman–Crippen MR) is 97.6 cm³/mol. The van der Waals surface area contributed by atoms with Gasteiger partial charge in [0, 0.05) is 23.0 Å². The Labute approximate surface area is 152 Å². The maximum atomic E-state index is 12.5. The summed E-state index contributed by atoms with van der Waals surface area (Å²) in [5.74, 6) is -1.08. The molecule has 3 heterocycles. The van der Waals surface area contributed by atoms with Gasteiger partial charge >= 0.3 is 5.97 Å². The number of carbonyl (C=O) groups is 1. The number of carboxylic acids is 1. The number of aliphatic carboxylic acids is 1. The highest BCUT2D eigenvalue weighted by atomic mass is 35.5. The van der Waals surface area contributed by atoms with Crippen molar-refractivity contribution in [2.45, 2.75) is 13.5 Å². The van der Waals surface area contributed by atoms with Gasteiger partial charge in [-0.25, -0.2) is 9.50 Å². The second-order valence-electron chi connectivity index (χ2n) is 5.90. The molecule has 0 aliphatic rings. The van der Waals surface area contributed by atoms with Crippen molar-refractivity contribution >= 4 is 34.1 Å². The molecule has 1 N–H and O–H groups in total. The van der Waals surface area contributed by atoms with E-state index in [2.05, 4.69) is 10.1 Å². The predicted octanol–water partition coefficient (Wildman–Crippen LogP) is 2.76. The molecule has 26 heavy (non-hydrogen) atoms. The maximum absolute atomic E-state index is 12.5. The van der Waals surface area contributed by atoms with Gasteiger partial charge in [-0.1, -0.05) is 23.7 Å². The van der Waals surface area contributed by atoms with Crippen molar-refractivity contribution in [2.24, 2.45) is 0 Å². The number of fused-ring (bicyclic) bond motifs is 3. The Kier molecular flexibility index (Phi) is 3.73. The molecule has 0 saturated carbocycles. The molecule has 0 aliphatic heterocycles. The lowest BCUT2D eigenvalue weighted by molar-refractivity contribution is -0.137. The van der Waals surface area contributed by atoms with E-state index >= 15 is 0 Å². The van der Waals surface area contributed by atoms with Crippen molar-refractivity contribution in [1.82, 2.24) is 19.2 Å². The van der Waals surface area contributed by atoms with Crippen LogP contribution in [-0.2, 0) is 11.3 Å². The second-order valence-corrected chi connectivity index (χ2v) is 6.34. The monoisotopic (exact) mass is 368 g/mol. The fourth-order valence-corrected chi connectivity index (χ4v) is 3.17. The molecule has 0 fully saturated rings. The van der Waals surface area contributed by atoms with E-state index in [0.29, 0.717) is 21.6 Å². The molecule has 0 aliphatic carbocycles. The van der Waals surface area contributed by atoms with Crippen molar-refractivity contribution in [1.29, 1.82) is 0 Å². The van der Waals surface area contributed by atoms with Crippen molar-refractivity contribution in [2.75, 3.05) is 0 Å². The summed E-state index contributed by atoms with van der Waals surface area (Å²) in [6.07, 6.45) is 2.92. The first kappa shape index (κ1) is 16.3. The number of aromatic nitrogens is 4. The first-order valence-electron chi connectivity index (χ1n) is 7.81. The number of rotatable bonds is 3. The SMILES string of the molecule is Cc1nn2c(ncc3c(=O)n(CC(=O)O)ccc32)c1-c1ccc(Cl)cc1. The molecule has 0 spiro atoms. The zero-order chi connectivity index (χ0) is 18.4. The summed E-state index contributed by atoms with van der Waals surface area (Å²) in [6, 6.07) is 9.05. The van der Waals surface area contributed by atoms with Crippen LogP contribution in [0.1, 0.15) is 5.69 Å². The number of carboxylic acid groups (broad SMARTS) is 1. The molecule has 0 unspecified atom stereocenters. The molecule has 0 bridgehead atoms. The maximum Gasteiger partial charge on any atom is 0.323 e. The molecule has 4 rings (SSSR count). The standard InChI is InChI=1S/C18H13ClN4O3/c1-10-16(11-2-4-12(19)5-3-11)17-20-8-13-14(23(17)21-10)6-7-22(18(13)26)9-15(24)25/h2-8H,9H2,1H3,(H,24,25). The second kappa shape index (κ2) is 5.96. The zero-order valence-corrected chi connectivity index (χ0v) is 14.4. The summed E-state index contributed by atoms with van der Waals surface area (Å²) >= 11 is 5.96. The minimum atomic E-state index is -1.08.